The van der Waals surface area contributed by atoms with E-state index in [1.54, 1.807) is 0 Å². The topological polar surface area (TPSA) is 16.1 Å². The molecule has 1 unspecified atom stereocenters. The van der Waals surface area contributed by atoms with Crippen LogP contribution in [-0.2, 0) is 0 Å². The third kappa shape index (κ3) is 1.57. The average molecular weight is 203 g/mol. The summed E-state index contributed by atoms with van der Waals surface area (Å²) in [6, 6.07) is 0. The highest BCUT2D eigenvalue weighted by molar-refractivity contribution is 7.14. The number of anilines is 1. The molecule has 1 fully saturated rings. The minimum Gasteiger partial charge on any atom is -0.356 e. The van der Waals surface area contributed by atoms with Gasteiger partial charge in [-0.2, -0.15) is 0 Å². The third-order valence-electron chi connectivity index (χ3n) is 2.21. The summed E-state index contributed by atoms with van der Waals surface area (Å²) in [6.45, 7) is 4.52. The van der Waals surface area contributed by atoms with Crippen molar-refractivity contribution in [2.45, 2.75) is 13.3 Å². The average Bonchev–Trinajstić information content (AvgIpc) is 2.58. The van der Waals surface area contributed by atoms with Crippen LogP contribution < -0.4 is 4.90 Å². The Morgan fingerprint density at radius 3 is 3.08 bits per heavy atom. The zero-order chi connectivity index (χ0) is 8.55. The van der Waals surface area contributed by atoms with Crippen LogP contribution in [0.3, 0.4) is 0 Å². The van der Waals surface area contributed by atoms with Gasteiger partial charge in [0, 0.05) is 18.5 Å². The number of halogens is 1. The molecule has 1 aromatic rings. The molecule has 2 rings (SSSR count). The van der Waals surface area contributed by atoms with Gasteiger partial charge >= 0.3 is 0 Å². The van der Waals surface area contributed by atoms with Crippen molar-refractivity contribution in [3.05, 3.63) is 9.85 Å². The first kappa shape index (κ1) is 8.32. The predicted molar refractivity (Wildman–Crippen MR) is 53.1 cm³/mol. The number of hydrogen-bond donors (Lipinski definition) is 0. The van der Waals surface area contributed by atoms with Crippen molar-refractivity contribution in [3.8, 4) is 0 Å². The van der Waals surface area contributed by atoms with E-state index in [9.17, 15) is 0 Å². The number of rotatable bonds is 1. The van der Waals surface area contributed by atoms with Crippen molar-refractivity contribution < 1.29 is 0 Å². The lowest BCUT2D eigenvalue weighted by Gasteiger charge is -2.13. The molecule has 1 atom stereocenters. The van der Waals surface area contributed by atoms with Crippen molar-refractivity contribution in [1.29, 1.82) is 0 Å². The van der Waals surface area contributed by atoms with E-state index in [2.05, 4.69) is 16.8 Å². The van der Waals surface area contributed by atoms with E-state index in [1.807, 2.05) is 5.38 Å². The highest BCUT2D eigenvalue weighted by atomic mass is 35.5. The highest BCUT2D eigenvalue weighted by Crippen LogP contribution is 2.26. The second-order valence-electron chi connectivity index (χ2n) is 3.30. The lowest BCUT2D eigenvalue weighted by Crippen LogP contribution is -2.19. The quantitative estimate of drug-likeness (QED) is 0.696. The molecule has 1 saturated heterocycles. The normalized spacial score (nSPS) is 23.5. The minimum absolute atomic E-state index is 0.643. The summed E-state index contributed by atoms with van der Waals surface area (Å²) in [5.74, 6) is 1.85. The zero-order valence-corrected chi connectivity index (χ0v) is 8.53. The minimum atomic E-state index is 0.643. The molecule has 4 heteroatoms. The molecule has 0 radical (unpaired) electrons. The predicted octanol–water partition coefficient (Wildman–Crippen LogP) is 2.64. The molecule has 0 amide bonds. The number of aromatic nitrogens is 1. The van der Waals surface area contributed by atoms with Crippen LogP contribution in [0.25, 0.3) is 0 Å². The second-order valence-corrected chi connectivity index (χ2v) is 4.74. The Bertz CT molecular complexity index is 274. The Hall–Kier alpha value is -0.280. The Morgan fingerprint density at radius 1 is 1.75 bits per heavy atom. The fourth-order valence-electron chi connectivity index (χ4n) is 1.53. The van der Waals surface area contributed by atoms with E-state index in [1.165, 1.54) is 17.8 Å². The summed E-state index contributed by atoms with van der Waals surface area (Å²) >= 11 is 7.26. The van der Waals surface area contributed by atoms with E-state index < -0.39 is 0 Å². The van der Waals surface area contributed by atoms with Gasteiger partial charge in [-0.1, -0.05) is 18.5 Å². The van der Waals surface area contributed by atoms with Crippen LogP contribution in [0, 0.1) is 5.92 Å². The number of hydrogen-bond acceptors (Lipinski definition) is 3. The fraction of sp³-hybridized carbons (Fsp3) is 0.625. The van der Waals surface area contributed by atoms with Crippen LogP contribution in [-0.4, -0.2) is 18.1 Å². The summed E-state index contributed by atoms with van der Waals surface area (Å²) in [6.07, 6.45) is 1.27. The maximum absolute atomic E-state index is 5.76. The molecule has 0 bridgehead atoms. The molecule has 2 heterocycles. The lowest BCUT2D eigenvalue weighted by molar-refractivity contribution is 0.659. The van der Waals surface area contributed by atoms with Gasteiger partial charge in [-0.05, 0) is 12.3 Å². The molecular weight excluding hydrogens is 192 g/mol. The molecule has 0 N–H and O–H groups in total. The van der Waals surface area contributed by atoms with Gasteiger partial charge in [-0.15, -0.1) is 11.3 Å². The van der Waals surface area contributed by atoms with Crippen LogP contribution in [0.5, 0.6) is 0 Å². The van der Waals surface area contributed by atoms with Crippen molar-refractivity contribution in [2.24, 2.45) is 5.92 Å². The van der Waals surface area contributed by atoms with Crippen molar-refractivity contribution in [3.63, 3.8) is 0 Å². The molecule has 1 aromatic heterocycles. The molecule has 0 spiro atoms. The Labute approximate surface area is 81.2 Å². The van der Waals surface area contributed by atoms with E-state index in [-0.39, 0.29) is 0 Å². The second kappa shape index (κ2) is 3.23. The van der Waals surface area contributed by atoms with Crippen LogP contribution in [0.2, 0.25) is 4.47 Å². The molecule has 0 aliphatic carbocycles. The van der Waals surface area contributed by atoms with Crippen LogP contribution in [0.1, 0.15) is 13.3 Å². The Kier molecular flexibility index (Phi) is 2.24. The van der Waals surface area contributed by atoms with Crippen molar-refractivity contribution >= 4 is 28.8 Å². The molecule has 66 valence electrons. The van der Waals surface area contributed by atoms with E-state index >= 15 is 0 Å². The van der Waals surface area contributed by atoms with Gasteiger partial charge in [-0.25, -0.2) is 4.98 Å². The largest absolute Gasteiger partial charge is 0.356 e. The summed E-state index contributed by atoms with van der Waals surface area (Å²) in [5, 5.41) is 2.03. The summed E-state index contributed by atoms with van der Waals surface area (Å²) in [5.41, 5.74) is 0. The summed E-state index contributed by atoms with van der Waals surface area (Å²) in [4.78, 5) is 6.54. The van der Waals surface area contributed by atoms with Gasteiger partial charge in [0.2, 0.25) is 0 Å². The Morgan fingerprint density at radius 2 is 2.58 bits per heavy atom. The zero-order valence-electron chi connectivity index (χ0n) is 6.96. The van der Waals surface area contributed by atoms with E-state index in [0.29, 0.717) is 4.47 Å². The van der Waals surface area contributed by atoms with Gasteiger partial charge in [0.15, 0.2) is 4.47 Å². The first-order chi connectivity index (χ1) is 5.75. The highest BCUT2D eigenvalue weighted by Gasteiger charge is 2.20. The van der Waals surface area contributed by atoms with Crippen LogP contribution >= 0.6 is 22.9 Å². The van der Waals surface area contributed by atoms with Crippen LogP contribution in [0.15, 0.2) is 5.38 Å². The number of nitrogens with zero attached hydrogens (tertiary/aromatic N) is 2. The summed E-state index contributed by atoms with van der Waals surface area (Å²) < 4.78 is 0.643. The lowest BCUT2D eigenvalue weighted by atomic mass is 10.2. The smallest absolute Gasteiger partial charge is 0.185 e. The van der Waals surface area contributed by atoms with Gasteiger partial charge < -0.3 is 4.90 Å². The monoisotopic (exact) mass is 202 g/mol. The maximum Gasteiger partial charge on any atom is 0.185 e. The van der Waals surface area contributed by atoms with Gasteiger partial charge in [0.25, 0.3) is 0 Å². The molecule has 1 aliphatic rings. The molecule has 1 aliphatic heterocycles. The molecule has 12 heavy (non-hydrogen) atoms. The Balaban J connectivity index is 2.11. The fourth-order valence-corrected chi connectivity index (χ4v) is 2.30. The van der Waals surface area contributed by atoms with E-state index in [4.69, 9.17) is 11.6 Å². The van der Waals surface area contributed by atoms with Gasteiger partial charge in [0.05, 0.1) is 0 Å². The van der Waals surface area contributed by atoms with Crippen molar-refractivity contribution in [2.75, 3.05) is 18.0 Å². The standard InChI is InChI=1S/C8H11ClN2S/c1-6-2-3-11(4-6)7-5-12-8(9)10-7/h5-6H,2-4H2,1H3. The molecule has 0 saturated carbocycles. The maximum atomic E-state index is 5.76. The SMILES string of the molecule is CC1CCN(c2csc(Cl)n2)C1. The third-order valence-corrected chi connectivity index (χ3v) is 3.18. The van der Waals surface area contributed by atoms with Crippen molar-refractivity contribution in [1.82, 2.24) is 4.98 Å². The van der Waals surface area contributed by atoms with Gasteiger partial charge in [0.1, 0.15) is 5.82 Å². The molecule has 0 aromatic carbocycles. The van der Waals surface area contributed by atoms with E-state index in [0.717, 1.165) is 24.8 Å². The molecular formula is C8H11ClN2S. The van der Waals surface area contributed by atoms with Crippen LogP contribution in [0.4, 0.5) is 5.82 Å². The first-order valence-corrected chi connectivity index (χ1v) is 5.37. The van der Waals surface area contributed by atoms with Gasteiger partial charge in [-0.3, -0.25) is 0 Å². The molecule has 2 nitrogen and oxygen atoms in total. The number of thiazole rings is 1. The summed E-state index contributed by atoms with van der Waals surface area (Å²) in [7, 11) is 0. The first-order valence-electron chi connectivity index (χ1n) is 4.11.